The van der Waals surface area contributed by atoms with Crippen molar-refractivity contribution in [2.75, 3.05) is 6.61 Å². The van der Waals surface area contributed by atoms with Crippen LogP contribution >= 0.6 is 11.6 Å². The molecule has 5 nitrogen and oxygen atoms in total. The van der Waals surface area contributed by atoms with Gasteiger partial charge in [0.15, 0.2) is 6.61 Å². The minimum Gasteiger partial charge on any atom is -0.484 e. The number of benzene rings is 2. The van der Waals surface area contributed by atoms with Gasteiger partial charge >= 0.3 is 0 Å². The van der Waals surface area contributed by atoms with E-state index < -0.39 is 0 Å². The van der Waals surface area contributed by atoms with E-state index in [0.29, 0.717) is 23.2 Å². The van der Waals surface area contributed by atoms with E-state index in [1.165, 1.54) is 0 Å². The van der Waals surface area contributed by atoms with Crippen LogP contribution in [0.5, 0.6) is 5.75 Å². The highest BCUT2D eigenvalue weighted by atomic mass is 35.5. The monoisotopic (exact) mass is 385 g/mol. The Labute approximate surface area is 164 Å². The van der Waals surface area contributed by atoms with Gasteiger partial charge in [-0.2, -0.15) is 0 Å². The number of hydrogen-bond donors (Lipinski definition) is 1. The number of carbonyl (C=O) groups is 1. The van der Waals surface area contributed by atoms with Crippen molar-refractivity contribution >= 4 is 28.5 Å². The first-order valence-corrected chi connectivity index (χ1v) is 9.50. The third kappa shape index (κ3) is 5.23. The first-order valence-electron chi connectivity index (χ1n) is 9.12. The van der Waals surface area contributed by atoms with E-state index in [-0.39, 0.29) is 12.5 Å². The Morgan fingerprint density at radius 3 is 2.67 bits per heavy atom. The number of para-hydroxylation sites is 2. The number of halogens is 1. The summed E-state index contributed by atoms with van der Waals surface area (Å²) in [4.78, 5) is 16.8. The molecule has 0 aliphatic heterocycles. The summed E-state index contributed by atoms with van der Waals surface area (Å²) in [6, 6.07) is 15.0. The fourth-order valence-electron chi connectivity index (χ4n) is 2.81. The van der Waals surface area contributed by atoms with Crippen molar-refractivity contribution in [3.05, 3.63) is 59.4 Å². The van der Waals surface area contributed by atoms with Gasteiger partial charge in [0.05, 0.1) is 17.6 Å². The molecular formula is C21H24ClN3O2. The fourth-order valence-corrected chi connectivity index (χ4v) is 2.93. The lowest BCUT2D eigenvalue weighted by molar-refractivity contribution is -0.123. The van der Waals surface area contributed by atoms with Gasteiger partial charge in [-0.15, -0.1) is 0 Å². The van der Waals surface area contributed by atoms with Crippen LogP contribution in [0.1, 0.15) is 26.1 Å². The van der Waals surface area contributed by atoms with Crippen LogP contribution in [0.15, 0.2) is 48.5 Å². The predicted molar refractivity (Wildman–Crippen MR) is 108 cm³/mol. The molecule has 0 saturated heterocycles. The normalized spacial score (nSPS) is 11.1. The van der Waals surface area contributed by atoms with Crippen LogP contribution in [-0.4, -0.2) is 22.1 Å². The number of nitrogens with zero attached hydrogens (tertiary/aromatic N) is 2. The molecule has 0 atom stereocenters. The van der Waals surface area contributed by atoms with Crippen LogP contribution in [0.2, 0.25) is 5.02 Å². The molecule has 0 saturated carbocycles. The zero-order chi connectivity index (χ0) is 19.2. The summed E-state index contributed by atoms with van der Waals surface area (Å²) >= 11 is 5.84. The summed E-state index contributed by atoms with van der Waals surface area (Å²) in [7, 11) is 0. The highest BCUT2D eigenvalue weighted by molar-refractivity contribution is 6.30. The molecule has 1 N–H and O–H groups in total. The second-order valence-corrected chi connectivity index (χ2v) is 7.31. The lowest BCUT2D eigenvalue weighted by atomic mass is 10.1. The quantitative estimate of drug-likeness (QED) is 0.624. The Morgan fingerprint density at radius 1 is 1.19 bits per heavy atom. The maximum Gasteiger partial charge on any atom is 0.258 e. The molecule has 2 aromatic carbocycles. The molecule has 0 bridgehead atoms. The van der Waals surface area contributed by atoms with Gasteiger partial charge in [-0.25, -0.2) is 4.98 Å². The Balaban J connectivity index is 1.62. The maximum absolute atomic E-state index is 12.2. The average Bonchev–Trinajstić information content (AvgIpc) is 3.01. The maximum atomic E-state index is 12.2. The fraction of sp³-hybridized carbons (Fsp3) is 0.333. The first kappa shape index (κ1) is 19.2. The van der Waals surface area contributed by atoms with Crippen molar-refractivity contribution < 1.29 is 9.53 Å². The number of nitrogens with one attached hydrogen (secondary N) is 1. The summed E-state index contributed by atoms with van der Waals surface area (Å²) < 4.78 is 7.67. The van der Waals surface area contributed by atoms with Gasteiger partial charge in [0.25, 0.3) is 5.91 Å². The van der Waals surface area contributed by atoms with Gasteiger partial charge in [-0.05, 0) is 48.7 Å². The lowest BCUT2D eigenvalue weighted by Gasteiger charge is -2.12. The third-order valence-electron chi connectivity index (χ3n) is 4.29. The van der Waals surface area contributed by atoms with Crippen LogP contribution < -0.4 is 10.1 Å². The van der Waals surface area contributed by atoms with E-state index in [1.807, 2.05) is 18.2 Å². The van der Waals surface area contributed by atoms with Crippen molar-refractivity contribution in [2.45, 2.75) is 33.4 Å². The molecule has 3 rings (SSSR count). The molecule has 0 radical (unpaired) electrons. The number of ether oxygens (including phenoxy) is 1. The van der Waals surface area contributed by atoms with Gasteiger partial charge in [-0.1, -0.05) is 37.6 Å². The van der Waals surface area contributed by atoms with Crippen LogP contribution in [0.4, 0.5) is 0 Å². The summed E-state index contributed by atoms with van der Waals surface area (Å²) in [5.41, 5.74) is 2.04. The van der Waals surface area contributed by atoms with E-state index in [1.54, 1.807) is 24.3 Å². The summed E-state index contributed by atoms with van der Waals surface area (Å²) in [6.07, 6.45) is 1.06. The molecule has 3 aromatic rings. The largest absolute Gasteiger partial charge is 0.484 e. The van der Waals surface area contributed by atoms with E-state index in [4.69, 9.17) is 16.3 Å². The SMILES string of the molecule is CC(C)CCn1c(CNC(=O)COc2ccc(Cl)cc2)nc2ccccc21. The lowest BCUT2D eigenvalue weighted by Crippen LogP contribution is -2.29. The average molecular weight is 386 g/mol. The number of amides is 1. The summed E-state index contributed by atoms with van der Waals surface area (Å²) in [6.45, 7) is 5.61. The highest BCUT2D eigenvalue weighted by Gasteiger charge is 2.12. The molecule has 0 unspecified atom stereocenters. The Morgan fingerprint density at radius 2 is 1.93 bits per heavy atom. The molecule has 0 aliphatic carbocycles. The Kier molecular flexibility index (Phi) is 6.35. The van der Waals surface area contributed by atoms with Crippen LogP contribution in [0.25, 0.3) is 11.0 Å². The summed E-state index contributed by atoms with van der Waals surface area (Å²) in [5, 5.41) is 3.53. The number of aryl methyl sites for hydroxylation is 1. The van der Waals surface area contributed by atoms with E-state index >= 15 is 0 Å². The molecule has 1 aromatic heterocycles. The number of rotatable bonds is 8. The number of imidazole rings is 1. The highest BCUT2D eigenvalue weighted by Crippen LogP contribution is 2.18. The van der Waals surface area contributed by atoms with Crippen molar-refractivity contribution in [3.8, 4) is 5.75 Å². The van der Waals surface area contributed by atoms with Crippen molar-refractivity contribution in [2.24, 2.45) is 5.92 Å². The molecule has 0 fully saturated rings. The molecule has 6 heteroatoms. The molecular weight excluding hydrogens is 362 g/mol. The molecule has 0 spiro atoms. The zero-order valence-electron chi connectivity index (χ0n) is 15.6. The van der Waals surface area contributed by atoms with E-state index in [0.717, 1.165) is 29.8 Å². The Bertz CT molecular complexity index is 903. The number of carbonyl (C=O) groups excluding carboxylic acids is 1. The van der Waals surface area contributed by atoms with E-state index in [2.05, 4.69) is 34.8 Å². The molecule has 1 amide bonds. The topological polar surface area (TPSA) is 56.2 Å². The van der Waals surface area contributed by atoms with Gasteiger partial charge < -0.3 is 14.6 Å². The second kappa shape index (κ2) is 8.91. The molecule has 1 heterocycles. The molecule has 0 aliphatic rings. The number of aromatic nitrogens is 2. The summed E-state index contributed by atoms with van der Waals surface area (Å²) in [5.74, 6) is 1.88. The smallest absolute Gasteiger partial charge is 0.258 e. The minimum atomic E-state index is -0.188. The van der Waals surface area contributed by atoms with Crippen LogP contribution in [0, 0.1) is 5.92 Å². The Hall–Kier alpha value is -2.53. The van der Waals surface area contributed by atoms with Gasteiger partial charge in [-0.3, -0.25) is 4.79 Å². The second-order valence-electron chi connectivity index (χ2n) is 6.87. The van der Waals surface area contributed by atoms with Gasteiger partial charge in [0.2, 0.25) is 0 Å². The first-order chi connectivity index (χ1) is 13.0. The molecule has 142 valence electrons. The van der Waals surface area contributed by atoms with Crippen molar-refractivity contribution in [1.82, 2.24) is 14.9 Å². The van der Waals surface area contributed by atoms with Gasteiger partial charge in [0, 0.05) is 11.6 Å². The zero-order valence-corrected chi connectivity index (χ0v) is 16.4. The van der Waals surface area contributed by atoms with Crippen LogP contribution in [-0.2, 0) is 17.9 Å². The van der Waals surface area contributed by atoms with Crippen molar-refractivity contribution in [1.29, 1.82) is 0 Å². The molecule has 27 heavy (non-hydrogen) atoms. The standard InChI is InChI=1S/C21H24ClN3O2/c1-15(2)11-12-25-19-6-4-3-5-18(19)24-20(25)13-23-21(26)14-27-17-9-7-16(22)8-10-17/h3-10,15H,11-14H2,1-2H3,(H,23,26). The number of fused-ring (bicyclic) bond motifs is 1. The minimum absolute atomic E-state index is 0.0478. The third-order valence-corrected chi connectivity index (χ3v) is 4.54. The van der Waals surface area contributed by atoms with Crippen molar-refractivity contribution in [3.63, 3.8) is 0 Å². The van der Waals surface area contributed by atoms with Gasteiger partial charge in [0.1, 0.15) is 11.6 Å². The van der Waals surface area contributed by atoms with E-state index in [9.17, 15) is 4.79 Å². The number of hydrogen-bond acceptors (Lipinski definition) is 3. The van der Waals surface area contributed by atoms with Crippen LogP contribution in [0.3, 0.4) is 0 Å². The predicted octanol–water partition coefficient (Wildman–Crippen LogP) is 4.43.